The number of carbonyl (C=O) groups excluding carboxylic acids is 1. The largest absolute Gasteiger partial charge is 0.367 e. The molecule has 1 fully saturated rings. The first kappa shape index (κ1) is 10.3. The van der Waals surface area contributed by atoms with E-state index in [-0.39, 0.29) is 18.0 Å². The zero-order valence-electron chi connectivity index (χ0n) is 7.83. The molecule has 2 nitrogen and oxygen atoms in total. The van der Waals surface area contributed by atoms with E-state index in [1.165, 1.54) is 11.3 Å². The second-order valence-electron chi connectivity index (χ2n) is 3.51. The van der Waals surface area contributed by atoms with Crippen LogP contribution in [0.2, 0.25) is 0 Å². The fraction of sp³-hybridized carbons (Fsp3) is 0.500. The Morgan fingerprint density at radius 2 is 2.36 bits per heavy atom. The molecule has 1 aromatic rings. The van der Waals surface area contributed by atoms with Gasteiger partial charge in [-0.2, -0.15) is 11.3 Å². The highest BCUT2D eigenvalue weighted by Crippen LogP contribution is 2.27. The molecule has 1 aromatic heterocycles. The highest BCUT2D eigenvalue weighted by atomic mass is 79.9. The lowest BCUT2D eigenvalue weighted by atomic mass is 10.1. The number of rotatable bonds is 2. The Hall–Kier alpha value is -0.190. The first-order valence-electron chi connectivity index (χ1n) is 4.60. The van der Waals surface area contributed by atoms with E-state index in [4.69, 9.17) is 4.74 Å². The fourth-order valence-corrected chi connectivity index (χ4v) is 3.11. The lowest BCUT2D eigenvalue weighted by Crippen LogP contribution is -2.20. The van der Waals surface area contributed by atoms with Crippen molar-refractivity contribution in [2.75, 3.05) is 0 Å². The first-order valence-corrected chi connectivity index (χ1v) is 6.33. The quantitative estimate of drug-likeness (QED) is 0.774. The monoisotopic (exact) mass is 274 g/mol. The number of carbonyl (C=O) groups is 1. The highest BCUT2D eigenvalue weighted by Gasteiger charge is 2.29. The first-order chi connectivity index (χ1) is 6.68. The normalized spacial score (nSPS) is 26.7. The molecule has 4 heteroatoms. The SMILES string of the molecule is CC1CCC(C(=O)c2cscc2Br)O1. The molecule has 76 valence electrons. The Balaban J connectivity index is 2.13. The second-order valence-corrected chi connectivity index (χ2v) is 5.11. The van der Waals surface area contributed by atoms with Crippen LogP contribution in [0.15, 0.2) is 15.2 Å². The molecule has 0 saturated carbocycles. The van der Waals surface area contributed by atoms with Gasteiger partial charge in [-0.15, -0.1) is 0 Å². The molecule has 0 aromatic carbocycles. The van der Waals surface area contributed by atoms with Crippen molar-refractivity contribution in [3.05, 3.63) is 20.8 Å². The molecule has 0 N–H and O–H groups in total. The third-order valence-corrected chi connectivity index (χ3v) is 4.11. The van der Waals surface area contributed by atoms with Crippen molar-refractivity contribution in [1.82, 2.24) is 0 Å². The van der Waals surface area contributed by atoms with Crippen LogP contribution in [0.1, 0.15) is 30.1 Å². The van der Waals surface area contributed by atoms with Gasteiger partial charge in [-0.05, 0) is 35.7 Å². The maximum atomic E-state index is 11.9. The summed E-state index contributed by atoms with van der Waals surface area (Å²) in [5.41, 5.74) is 0.758. The molecule has 1 aliphatic rings. The number of hydrogen-bond acceptors (Lipinski definition) is 3. The third-order valence-electron chi connectivity index (χ3n) is 2.40. The number of ketones is 1. The van der Waals surface area contributed by atoms with E-state index in [0.29, 0.717) is 0 Å². The molecule has 2 unspecified atom stereocenters. The Kier molecular flexibility index (Phi) is 3.04. The summed E-state index contributed by atoms with van der Waals surface area (Å²) in [5, 5.41) is 3.80. The van der Waals surface area contributed by atoms with Crippen molar-refractivity contribution >= 4 is 33.0 Å². The van der Waals surface area contributed by atoms with Gasteiger partial charge in [-0.3, -0.25) is 4.79 Å². The van der Waals surface area contributed by atoms with Gasteiger partial charge in [0.15, 0.2) is 5.78 Å². The van der Waals surface area contributed by atoms with Crippen LogP contribution in [0.4, 0.5) is 0 Å². The van der Waals surface area contributed by atoms with Crippen LogP contribution in [-0.4, -0.2) is 18.0 Å². The van der Waals surface area contributed by atoms with Crippen molar-refractivity contribution in [1.29, 1.82) is 0 Å². The van der Waals surface area contributed by atoms with Gasteiger partial charge in [0.05, 0.1) is 6.10 Å². The van der Waals surface area contributed by atoms with Gasteiger partial charge >= 0.3 is 0 Å². The summed E-state index contributed by atoms with van der Waals surface area (Å²) in [6, 6.07) is 0. The van der Waals surface area contributed by atoms with Crippen LogP contribution in [-0.2, 0) is 4.74 Å². The number of ether oxygens (including phenoxy) is 1. The van der Waals surface area contributed by atoms with Gasteiger partial charge in [-0.25, -0.2) is 0 Å². The van der Waals surface area contributed by atoms with E-state index < -0.39 is 0 Å². The van der Waals surface area contributed by atoms with Gasteiger partial charge in [0.2, 0.25) is 0 Å². The molecule has 2 heterocycles. The highest BCUT2D eigenvalue weighted by molar-refractivity contribution is 9.10. The summed E-state index contributed by atoms with van der Waals surface area (Å²) < 4.78 is 6.42. The Morgan fingerprint density at radius 3 is 2.86 bits per heavy atom. The third kappa shape index (κ3) is 1.92. The summed E-state index contributed by atoms with van der Waals surface area (Å²) in [6.07, 6.45) is 1.83. The van der Waals surface area contributed by atoms with Crippen molar-refractivity contribution in [3.8, 4) is 0 Å². The molecule has 0 radical (unpaired) electrons. The van der Waals surface area contributed by atoms with Crippen LogP contribution in [0.3, 0.4) is 0 Å². The number of hydrogen-bond donors (Lipinski definition) is 0. The van der Waals surface area contributed by atoms with E-state index in [0.717, 1.165) is 22.9 Å². The van der Waals surface area contributed by atoms with Crippen molar-refractivity contribution in [2.45, 2.75) is 32.0 Å². The standard InChI is InChI=1S/C10H11BrO2S/c1-6-2-3-9(13-6)10(12)7-4-14-5-8(7)11/h4-6,9H,2-3H2,1H3. The molecular weight excluding hydrogens is 264 g/mol. The number of Topliss-reactive ketones (excluding diaryl/α,β-unsaturated/α-hetero) is 1. The average Bonchev–Trinajstić information content (AvgIpc) is 2.73. The van der Waals surface area contributed by atoms with E-state index >= 15 is 0 Å². The Morgan fingerprint density at radius 1 is 1.57 bits per heavy atom. The predicted octanol–water partition coefficient (Wildman–Crippen LogP) is 3.26. The van der Waals surface area contributed by atoms with Crippen molar-refractivity contribution in [3.63, 3.8) is 0 Å². The minimum atomic E-state index is -0.226. The van der Waals surface area contributed by atoms with Crippen molar-refractivity contribution in [2.24, 2.45) is 0 Å². The van der Waals surface area contributed by atoms with Gasteiger partial charge < -0.3 is 4.74 Å². The summed E-state index contributed by atoms with van der Waals surface area (Å²) >= 11 is 4.89. The predicted molar refractivity (Wildman–Crippen MR) is 59.9 cm³/mol. The van der Waals surface area contributed by atoms with E-state index in [1.54, 1.807) is 0 Å². The van der Waals surface area contributed by atoms with Gasteiger partial charge in [0.25, 0.3) is 0 Å². The van der Waals surface area contributed by atoms with E-state index in [9.17, 15) is 4.79 Å². The van der Waals surface area contributed by atoms with Crippen LogP contribution < -0.4 is 0 Å². The average molecular weight is 275 g/mol. The van der Waals surface area contributed by atoms with Crippen LogP contribution in [0.25, 0.3) is 0 Å². The molecule has 2 atom stereocenters. The summed E-state index contributed by atoms with van der Waals surface area (Å²) in [5.74, 6) is 0.113. The fourth-order valence-electron chi connectivity index (χ4n) is 1.63. The lowest BCUT2D eigenvalue weighted by Gasteiger charge is -2.08. The maximum Gasteiger partial charge on any atom is 0.193 e. The molecule has 0 spiro atoms. The Labute approximate surface area is 95.4 Å². The minimum absolute atomic E-state index is 0.113. The molecule has 0 bridgehead atoms. The maximum absolute atomic E-state index is 11.9. The molecule has 0 aliphatic carbocycles. The molecular formula is C10H11BrO2S. The molecule has 14 heavy (non-hydrogen) atoms. The minimum Gasteiger partial charge on any atom is -0.367 e. The van der Waals surface area contributed by atoms with E-state index in [2.05, 4.69) is 15.9 Å². The summed E-state index contributed by atoms with van der Waals surface area (Å²) in [6.45, 7) is 2.01. The van der Waals surface area contributed by atoms with E-state index in [1.807, 2.05) is 17.7 Å². The smallest absolute Gasteiger partial charge is 0.193 e. The number of halogens is 1. The summed E-state index contributed by atoms with van der Waals surface area (Å²) in [7, 11) is 0. The molecule has 1 aliphatic heterocycles. The second kappa shape index (κ2) is 4.13. The molecule has 0 amide bonds. The number of thiophene rings is 1. The van der Waals surface area contributed by atoms with Crippen molar-refractivity contribution < 1.29 is 9.53 Å². The van der Waals surface area contributed by atoms with Crippen LogP contribution in [0.5, 0.6) is 0 Å². The zero-order valence-corrected chi connectivity index (χ0v) is 10.2. The Bertz CT molecular complexity index is 348. The molecule has 2 rings (SSSR count). The molecule has 1 saturated heterocycles. The summed E-state index contributed by atoms with van der Waals surface area (Å²) in [4.78, 5) is 11.9. The topological polar surface area (TPSA) is 26.3 Å². The van der Waals surface area contributed by atoms with Crippen LogP contribution >= 0.6 is 27.3 Å². The van der Waals surface area contributed by atoms with Crippen LogP contribution in [0, 0.1) is 0 Å². The lowest BCUT2D eigenvalue weighted by molar-refractivity contribution is 0.0433. The van der Waals surface area contributed by atoms with Gasteiger partial charge in [0, 0.05) is 20.8 Å². The zero-order chi connectivity index (χ0) is 10.1. The van der Waals surface area contributed by atoms with Gasteiger partial charge in [0.1, 0.15) is 6.10 Å². The van der Waals surface area contributed by atoms with Gasteiger partial charge in [-0.1, -0.05) is 0 Å².